The van der Waals surface area contributed by atoms with Crippen LogP contribution in [0.15, 0.2) is 29.3 Å². The zero-order valence-electron chi connectivity index (χ0n) is 15.3. The molecule has 0 bridgehead atoms. The normalized spacial score (nSPS) is 15.9. The highest BCUT2D eigenvalue weighted by Gasteiger charge is 2.39. The van der Waals surface area contributed by atoms with Crippen LogP contribution < -0.4 is 5.56 Å². The lowest BCUT2D eigenvalue weighted by molar-refractivity contribution is -0.141. The molecule has 0 N–H and O–H groups in total. The number of hydrogen-bond donors (Lipinski definition) is 0. The Morgan fingerprint density at radius 2 is 2.07 bits per heavy atom. The van der Waals surface area contributed by atoms with Crippen LogP contribution in [0.2, 0.25) is 5.02 Å². The molecule has 148 valence electrons. The minimum absolute atomic E-state index is 0.181. The molecular formula is C19H18ClF3N4O. The first-order valence-corrected chi connectivity index (χ1v) is 9.38. The summed E-state index contributed by atoms with van der Waals surface area (Å²) in [6.45, 7) is 2.41. The van der Waals surface area contributed by atoms with Gasteiger partial charge in [0.25, 0.3) is 5.56 Å². The summed E-state index contributed by atoms with van der Waals surface area (Å²) in [6, 6.07) is 3.18. The topological polar surface area (TPSA) is 52.7 Å². The lowest BCUT2D eigenvalue weighted by Crippen LogP contribution is -2.18. The summed E-state index contributed by atoms with van der Waals surface area (Å²) in [7, 11) is 1.75. The van der Waals surface area contributed by atoms with Crippen molar-refractivity contribution in [3.63, 3.8) is 0 Å². The molecule has 4 rings (SSSR count). The lowest BCUT2D eigenvalue weighted by atomic mass is 9.90. The number of nitrogens with zero attached hydrogens (tertiary/aromatic N) is 4. The molecule has 3 aromatic rings. The number of halogens is 4. The predicted octanol–water partition coefficient (Wildman–Crippen LogP) is 4.36. The van der Waals surface area contributed by atoms with Gasteiger partial charge in [-0.25, -0.2) is 0 Å². The molecular weight excluding hydrogens is 393 g/mol. The zero-order valence-corrected chi connectivity index (χ0v) is 16.1. The number of rotatable bonds is 4. The molecule has 1 fully saturated rings. The van der Waals surface area contributed by atoms with Gasteiger partial charge in [-0.2, -0.15) is 18.3 Å². The first kappa shape index (κ1) is 19.0. The fraction of sp³-hybridized carbons (Fsp3) is 0.421. The number of pyridine rings is 2. The average molecular weight is 411 g/mol. The van der Waals surface area contributed by atoms with E-state index in [4.69, 9.17) is 11.6 Å². The van der Waals surface area contributed by atoms with Gasteiger partial charge < -0.3 is 4.57 Å². The van der Waals surface area contributed by atoms with Crippen molar-refractivity contribution >= 4 is 22.5 Å². The van der Waals surface area contributed by atoms with Crippen LogP contribution in [0.4, 0.5) is 13.2 Å². The van der Waals surface area contributed by atoms with Gasteiger partial charge >= 0.3 is 6.18 Å². The van der Waals surface area contributed by atoms with Crippen molar-refractivity contribution in [1.29, 1.82) is 0 Å². The Morgan fingerprint density at radius 1 is 1.36 bits per heavy atom. The summed E-state index contributed by atoms with van der Waals surface area (Å²) in [5, 5.41) is 4.70. The summed E-state index contributed by atoms with van der Waals surface area (Å²) in [4.78, 5) is 16.2. The minimum atomic E-state index is -4.60. The molecule has 3 heterocycles. The zero-order chi connectivity index (χ0) is 20.2. The van der Waals surface area contributed by atoms with Crippen LogP contribution in [0.1, 0.15) is 42.6 Å². The Morgan fingerprint density at radius 3 is 2.64 bits per heavy atom. The maximum atomic E-state index is 13.0. The molecule has 28 heavy (non-hydrogen) atoms. The van der Waals surface area contributed by atoms with E-state index in [1.807, 2.05) is 13.0 Å². The van der Waals surface area contributed by atoms with Crippen LogP contribution in [0, 0.1) is 5.92 Å². The first-order chi connectivity index (χ1) is 13.2. The molecule has 1 aliphatic carbocycles. The molecule has 0 saturated heterocycles. The van der Waals surface area contributed by atoms with Crippen molar-refractivity contribution in [2.24, 2.45) is 13.0 Å². The standard InChI is InChI=1S/C19H18ClF3N4O/c1-3-27-7-6-12-15(18(27)28)25-26(2)16(12)14(10-4-5-10)11-8-13(20)17(24-9-11)19(21,22)23/h6-10,14H,3-5H2,1-2H3. The number of aryl methyl sites for hydroxylation is 2. The van der Waals surface area contributed by atoms with Crippen LogP contribution in [0.3, 0.4) is 0 Å². The molecule has 0 aromatic carbocycles. The molecule has 0 radical (unpaired) electrons. The average Bonchev–Trinajstić information content (AvgIpc) is 3.39. The third kappa shape index (κ3) is 3.09. The number of fused-ring (bicyclic) bond motifs is 1. The van der Waals surface area contributed by atoms with Crippen molar-refractivity contribution < 1.29 is 13.2 Å². The number of alkyl halides is 3. The monoisotopic (exact) mass is 410 g/mol. The van der Waals surface area contributed by atoms with E-state index < -0.39 is 16.9 Å². The SMILES string of the molecule is CCn1ccc2c(C(c3cnc(C(F)(F)F)c(Cl)c3)C3CC3)n(C)nc2c1=O. The second-order valence-corrected chi connectivity index (χ2v) is 7.50. The van der Waals surface area contributed by atoms with Crippen molar-refractivity contribution in [2.45, 2.75) is 38.4 Å². The molecule has 3 aromatic heterocycles. The summed E-state index contributed by atoms with van der Waals surface area (Å²) < 4.78 is 42.3. The highest BCUT2D eigenvalue weighted by Crippen LogP contribution is 2.48. The molecule has 5 nitrogen and oxygen atoms in total. The van der Waals surface area contributed by atoms with E-state index in [2.05, 4.69) is 10.1 Å². The van der Waals surface area contributed by atoms with Gasteiger partial charge in [0.2, 0.25) is 0 Å². The van der Waals surface area contributed by atoms with Gasteiger partial charge in [0, 0.05) is 37.3 Å². The van der Waals surface area contributed by atoms with E-state index in [9.17, 15) is 18.0 Å². The van der Waals surface area contributed by atoms with E-state index in [0.29, 0.717) is 23.0 Å². The van der Waals surface area contributed by atoms with Crippen molar-refractivity contribution in [1.82, 2.24) is 19.3 Å². The molecule has 1 saturated carbocycles. The predicted molar refractivity (Wildman–Crippen MR) is 99.5 cm³/mol. The number of aromatic nitrogens is 4. The fourth-order valence-electron chi connectivity index (χ4n) is 3.78. The van der Waals surface area contributed by atoms with E-state index in [1.54, 1.807) is 22.5 Å². The van der Waals surface area contributed by atoms with Gasteiger partial charge in [-0.05, 0) is 43.4 Å². The first-order valence-electron chi connectivity index (χ1n) is 9.01. The Kier molecular flexibility index (Phi) is 4.49. The highest BCUT2D eigenvalue weighted by atomic mass is 35.5. The quantitative estimate of drug-likeness (QED) is 0.642. The maximum Gasteiger partial charge on any atom is 0.434 e. The van der Waals surface area contributed by atoms with Crippen molar-refractivity contribution in [3.05, 3.63) is 56.9 Å². The van der Waals surface area contributed by atoms with E-state index in [-0.39, 0.29) is 17.4 Å². The Hall–Kier alpha value is -2.35. The third-order valence-electron chi connectivity index (χ3n) is 5.23. The van der Waals surface area contributed by atoms with Gasteiger partial charge in [-0.3, -0.25) is 14.5 Å². The lowest BCUT2D eigenvalue weighted by Gasteiger charge is -2.19. The van der Waals surface area contributed by atoms with Crippen LogP contribution in [0.25, 0.3) is 10.9 Å². The maximum absolute atomic E-state index is 13.0. The van der Waals surface area contributed by atoms with Gasteiger partial charge in [-0.15, -0.1) is 0 Å². The Bertz CT molecular complexity index is 1110. The fourth-order valence-corrected chi connectivity index (χ4v) is 4.06. The van der Waals surface area contributed by atoms with Crippen LogP contribution >= 0.6 is 11.6 Å². The molecule has 0 spiro atoms. The van der Waals surface area contributed by atoms with Gasteiger partial charge in [-0.1, -0.05) is 11.6 Å². The van der Waals surface area contributed by atoms with E-state index in [0.717, 1.165) is 18.5 Å². The summed E-state index contributed by atoms with van der Waals surface area (Å²) in [5.41, 5.74) is 0.493. The molecule has 0 aliphatic heterocycles. The van der Waals surface area contributed by atoms with Crippen LogP contribution in [-0.4, -0.2) is 19.3 Å². The molecule has 0 amide bonds. The van der Waals surface area contributed by atoms with E-state index in [1.165, 1.54) is 12.3 Å². The molecule has 1 unspecified atom stereocenters. The van der Waals surface area contributed by atoms with Crippen molar-refractivity contribution in [2.75, 3.05) is 0 Å². The van der Waals surface area contributed by atoms with Gasteiger partial charge in [0.1, 0.15) is 0 Å². The third-order valence-corrected chi connectivity index (χ3v) is 5.52. The molecule has 9 heteroatoms. The van der Waals surface area contributed by atoms with E-state index >= 15 is 0 Å². The smallest absolute Gasteiger partial charge is 0.314 e. The number of hydrogen-bond acceptors (Lipinski definition) is 3. The largest absolute Gasteiger partial charge is 0.434 e. The molecule has 1 atom stereocenters. The second kappa shape index (κ2) is 6.62. The van der Waals surface area contributed by atoms with Gasteiger partial charge in [0.05, 0.1) is 10.7 Å². The highest BCUT2D eigenvalue weighted by molar-refractivity contribution is 6.31. The minimum Gasteiger partial charge on any atom is -0.314 e. The Balaban J connectivity index is 1.89. The summed E-state index contributed by atoms with van der Waals surface area (Å²) in [5.74, 6) is 0.0287. The van der Waals surface area contributed by atoms with Crippen molar-refractivity contribution in [3.8, 4) is 0 Å². The second-order valence-electron chi connectivity index (χ2n) is 7.09. The Labute approximate surface area is 163 Å². The van der Waals surface area contributed by atoms with Crippen LogP contribution in [0.5, 0.6) is 0 Å². The van der Waals surface area contributed by atoms with Crippen LogP contribution in [-0.2, 0) is 19.8 Å². The summed E-state index contributed by atoms with van der Waals surface area (Å²) >= 11 is 5.91. The summed E-state index contributed by atoms with van der Waals surface area (Å²) in [6.07, 6.45) is 0.251. The molecule has 1 aliphatic rings. The van der Waals surface area contributed by atoms with Gasteiger partial charge in [0.15, 0.2) is 11.2 Å².